The Morgan fingerprint density at radius 3 is 2.55 bits per heavy atom. The number of fused-ring (bicyclic) bond motifs is 1. The van der Waals surface area contributed by atoms with Crippen LogP contribution in [0.5, 0.6) is 0 Å². The smallest absolute Gasteiger partial charge is 0.243 e. The van der Waals surface area contributed by atoms with Gasteiger partial charge in [-0.05, 0) is 62.0 Å². The van der Waals surface area contributed by atoms with Gasteiger partial charge in [-0.3, -0.25) is 0 Å². The molecule has 3 atom stereocenters. The number of aliphatic hydroxyl groups is 1. The van der Waals surface area contributed by atoms with Crippen molar-refractivity contribution in [1.29, 1.82) is 0 Å². The van der Waals surface area contributed by atoms with E-state index in [2.05, 4.69) is 28.6 Å². The molecule has 0 radical (unpaired) electrons. The predicted octanol–water partition coefficient (Wildman–Crippen LogP) is 4.28. The summed E-state index contributed by atoms with van der Waals surface area (Å²) in [5.41, 5.74) is 5.48. The molecule has 1 saturated heterocycles. The normalized spacial score (nSPS) is 22.0. The van der Waals surface area contributed by atoms with Crippen LogP contribution in [0.4, 0.5) is 0 Å². The summed E-state index contributed by atoms with van der Waals surface area (Å²) in [6, 6.07) is 16.6. The van der Waals surface area contributed by atoms with Gasteiger partial charge < -0.3 is 9.67 Å². The van der Waals surface area contributed by atoms with E-state index < -0.39 is 22.2 Å². The summed E-state index contributed by atoms with van der Waals surface area (Å²) >= 11 is 0. The van der Waals surface area contributed by atoms with E-state index in [4.69, 9.17) is 0 Å². The number of rotatable bonds is 6. The van der Waals surface area contributed by atoms with Crippen LogP contribution in [0.1, 0.15) is 49.0 Å². The zero-order chi connectivity index (χ0) is 23.2. The number of allylic oxidation sites excluding steroid dienone is 2. The van der Waals surface area contributed by atoms with E-state index in [-0.39, 0.29) is 10.9 Å². The van der Waals surface area contributed by atoms with Crippen LogP contribution in [-0.4, -0.2) is 46.1 Å². The van der Waals surface area contributed by atoms with Crippen molar-refractivity contribution in [2.45, 2.75) is 56.2 Å². The number of benzene rings is 2. The fourth-order valence-electron chi connectivity index (χ4n) is 5.31. The second kappa shape index (κ2) is 8.56. The molecule has 0 amide bonds. The molecular weight excluding hydrogens is 434 g/mol. The molecule has 1 aromatic heterocycles. The van der Waals surface area contributed by atoms with E-state index in [1.165, 1.54) is 4.31 Å². The van der Waals surface area contributed by atoms with Gasteiger partial charge in [0.2, 0.25) is 10.0 Å². The number of imidazole rings is 1. The van der Waals surface area contributed by atoms with Gasteiger partial charge in [-0.25, -0.2) is 13.4 Å². The molecule has 3 aromatic rings. The SMILES string of the molecule is CC1=C(c2ccccc2)C(C[C@@H](O)[C@H]2CCCN2S(=O)(=O)c2ccc(C)cc2)n2cncc21. The second-order valence-corrected chi connectivity index (χ2v) is 10.9. The van der Waals surface area contributed by atoms with Crippen LogP contribution in [-0.2, 0) is 10.0 Å². The minimum atomic E-state index is -3.67. The number of aliphatic hydroxyl groups excluding tert-OH is 1. The van der Waals surface area contributed by atoms with E-state index in [0.717, 1.165) is 34.4 Å². The zero-order valence-electron chi connectivity index (χ0n) is 18.9. The first-order valence-corrected chi connectivity index (χ1v) is 12.9. The zero-order valence-corrected chi connectivity index (χ0v) is 19.7. The van der Waals surface area contributed by atoms with Crippen LogP contribution in [0.15, 0.2) is 72.0 Å². The third-order valence-electron chi connectivity index (χ3n) is 6.99. The summed E-state index contributed by atoms with van der Waals surface area (Å²) in [7, 11) is -3.67. The lowest BCUT2D eigenvalue weighted by Gasteiger charge is -2.30. The molecule has 1 unspecified atom stereocenters. The summed E-state index contributed by atoms with van der Waals surface area (Å²) in [6.07, 6.45) is 4.69. The molecule has 2 aromatic carbocycles. The van der Waals surface area contributed by atoms with Crippen LogP contribution in [0.2, 0.25) is 0 Å². The minimum Gasteiger partial charge on any atom is -0.391 e. The van der Waals surface area contributed by atoms with Crippen LogP contribution < -0.4 is 0 Å². The Bertz CT molecular complexity index is 1280. The third kappa shape index (κ3) is 3.84. The van der Waals surface area contributed by atoms with Gasteiger partial charge in [0.15, 0.2) is 0 Å². The lowest BCUT2D eigenvalue weighted by molar-refractivity contribution is 0.0904. The van der Waals surface area contributed by atoms with Gasteiger partial charge in [-0.2, -0.15) is 4.31 Å². The molecule has 172 valence electrons. The van der Waals surface area contributed by atoms with E-state index in [1.807, 2.05) is 49.8 Å². The molecule has 2 aliphatic rings. The van der Waals surface area contributed by atoms with Crippen molar-refractivity contribution < 1.29 is 13.5 Å². The number of nitrogens with zero attached hydrogens (tertiary/aromatic N) is 3. The van der Waals surface area contributed by atoms with Crippen molar-refractivity contribution in [3.63, 3.8) is 0 Å². The topological polar surface area (TPSA) is 75.4 Å². The van der Waals surface area contributed by atoms with Crippen molar-refractivity contribution in [1.82, 2.24) is 13.9 Å². The largest absolute Gasteiger partial charge is 0.391 e. The Morgan fingerprint density at radius 1 is 1.09 bits per heavy atom. The Kier molecular flexibility index (Phi) is 5.72. The first kappa shape index (κ1) is 22.1. The number of aryl methyl sites for hydroxylation is 1. The highest BCUT2D eigenvalue weighted by Crippen LogP contribution is 2.45. The fraction of sp³-hybridized carbons (Fsp3) is 0.346. The number of hydrogen-bond acceptors (Lipinski definition) is 4. The van der Waals surface area contributed by atoms with Gasteiger partial charge >= 0.3 is 0 Å². The van der Waals surface area contributed by atoms with Gasteiger partial charge in [-0.15, -0.1) is 0 Å². The second-order valence-electron chi connectivity index (χ2n) is 9.05. The summed E-state index contributed by atoms with van der Waals surface area (Å²) in [5, 5.41) is 11.4. The molecule has 6 nitrogen and oxygen atoms in total. The first-order chi connectivity index (χ1) is 15.9. The predicted molar refractivity (Wildman–Crippen MR) is 129 cm³/mol. The van der Waals surface area contributed by atoms with E-state index >= 15 is 0 Å². The number of sulfonamides is 1. The highest BCUT2D eigenvalue weighted by atomic mass is 32.2. The molecule has 3 heterocycles. The van der Waals surface area contributed by atoms with E-state index in [1.54, 1.807) is 12.1 Å². The van der Waals surface area contributed by atoms with Crippen LogP contribution in [0.25, 0.3) is 11.1 Å². The van der Waals surface area contributed by atoms with Crippen LogP contribution in [0, 0.1) is 6.92 Å². The molecule has 1 fully saturated rings. The lowest BCUT2D eigenvalue weighted by Crippen LogP contribution is -2.43. The molecule has 7 heteroatoms. The standard InChI is InChI=1S/C26H29N3O3S/c1-18-10-12-21(13-11-18)33(31,32)29-14-6-9-22(29)25(30)15-23-26(20-7-4-3-5-8-20)19(2)24-16-27-17-28(23)24/h3-5,7-8,10-13,16-17,22-23,25,30H,6,9,14-15H2,1-2H3/t22-,23?,25-/m1/s1. The number of hydrogen-bond donors (Lipinski definition) is 1. The summed E-state index contributed by atoms with van der Waals surface area (Å²) in [5.74, 6) is 0. The Labute approximate surface area is 195 Å². The quantitative estimate of drug-likeness (QED) is 0.592. The maximum absolute atomic E-state index is 13.4. The Morgan fingerprint density at radius 2 is 1.82 bits per heavy atom. The molecule has 5 rings (SSSR count). The minimum absolute atomic E-state index is 0.0931. The third-order valence-corrected chi connectivity index (χ3v) is 8.93. The van der Waals surface area contributed by atoms with Crippen molar-refractivity contribution in [2.24, 2.45) is 0 Å². The Balaban J connectivity index is 1.44. The van der Waals surface area contributed by atoms with Crippen molar-refractivity contribution in [2.75, 3.05) is 6.54 Å². The molecule has 1 N–H and O–H groups in total. The molecule has 0 aliphatic carbocycles. The van der Waals surface area contributed by atoms with E-state index in [0.29, 0.717) is 19.4 Å². The van der Waals surface area contributed by atoms with Crippen molar-refractivity contribution in [3.05, 3.63) is 83.9 Å². The van der Waals surface area contributed by atoms with Crippen LogP contribution >= 0.6 is 0 Å². The molecule has 0 bridgehead atoms. The molecule has 2 aliphatic heterocycles. The van der Waals surface area contributed by atoms with Crippen molar-refractivity contribution >= 4 is 21.2 Å². The average molecular weight is 464 g/mol. The summed E-state index contributed by atoms with van der Waals surface area (Å²) in [6.45, 7) is 4.45. The monoisotopic (exact) mass is 463 g/mol. The van der Waals surface area contributed by atoms with E-state index in [9.17, 15) is 13.5 Å². The molecule has 0 spiro atoms. The summed E-state index contributed by atoms with van der Waals surface area (Å²) < 4.78 is 30.4. The molecule has 0 saturated carbocycles. The van der Waals surface area contributed by atoms with Gasteiger partial charge in [0.05, 0.1) is 41.3 Å². The highest BCUT2D eigenvalue weighted by molar-refractivity contribution is 7.89. The molecule has 33 heavy (non-hydrogen) atoms. The first-order valence-electron chi connectivity index (χ1n) is 11.4. The van der Waals surface area contributed by atoms with Crippen LogP contribution in [0.3, 0.4) is 0 Å². The Hall–Kier alpha value is -2.74. The molecular formula is C26H29N3O3S. The highest BCUT2D eigenvalue weighted by Gasteiger charge is 2.41. The van der Waals surface area contributed by atoms with Gasteiger partial charge in [0.25, 0.3) is 0 Å². The van der Waals surface area contributed by atoms with Crippen molar-refractivity contribution in [3.8, 4) is 0 Å². The number of aromatic nitrogens is 2. The maximum Gasteiger partial charge on any atom is 0.243 e. The maximum atomic E-state index is 13.4. The van der Waals surface area contributed by atoms with Gasteiger partial charge in [0, 0.05) is 6.54 Å². The lowest BCUT2D eigenvalue weighted by atomic mass is 9.91. The fourth-order valence-corrected chi connectivity index (χ4v) is 7.03. The summed E-state index contributed by atoms with van der Waals surface area (Å²) in [4.78, 5) is 4.60. The van der Waals surface area contributed by atoms with Gasteiger partial charge in [-0.1, -0.05) is 48.0 Å². The average Bonchev–Trinajstić information content (AvgIpc) is 3.53. The van der Waals surface area contributed by atoms with Gasteiger partial charge in [0.1, 0.15) is 0 Å².